The van der Waals surface area contributed by atoms with E-state index in [0.29, 0.717) is 36.8 Å². The number of para-hydroxylation sites is 2. The zero-order chi connectivity index (χ0) is 29.4. The van der Waals surface area contributed by atoms with E-state index in [4.69, 9.17) is 4.74 Å². The van der Waals surface area contributed by atoms with Gasteiger partial charge in [0.05, 0.1) is 24.2 Å². The molecule has 2 aliphatic heterocycles. The fourth-order valence-electron chi connectivity index (χ4n) is 5.99. The number of pyridine rings is 1. The summed E-state index contributed by atoms with van der Waals surface area (Å²) in [6.45, 7) is 1.73. The van der Waals surface area contributed by atoms with Crippen molar-refractivity contribution >= 4 is 28.9 Å². The number of amides is 2. The molecule has 6 rings (SSSR count). The van der Waals surface area contributed by atoms with Crippen LogP contribution in [0.15, 0.2) is 83.7 Å². The number of nitrogens with zero attached hydrogens (tertiary/aromatic N) is 2. The van der Waals surface area contributed by atoms with Gasteiger partial charge in [-0.3, -0.25) is 14.4 Å². The summed E-state index contributed by atoms with van der Waals surface area (Å²) in [4.78, 5) is 41.0. The standard InChI is InChI=1S/C32H28F2N4O4/c1-42-28-10-3-2-8-24(28)35-31(40)20-12-13-27(25(15-20)36-32(41)30-22(33)6-4-7-23(30)34)37-16-19-14-21(18-37)26-9-5-11-29(39)38(26)17-19/h2-13,15,19,21H,14,16-18H2,1H3,(H,35,40)(H,36,41). The van der Waals surface area contributed by atoms with E-state index in [0.717, 1.165) is 24.2 Å². The lowest BCUT2D eigenvalue weighted by Crippen LogP contribution is -2.47. The van der Waals surface area contributed by atoms with Crippen LogP contribution in [0.3, 0.4) is 0 Å². The molecule has 0 saturated carbocycles. The van der Waals surface area contributed by atoms with Crippen LogP contribution in [0.5, 0.6) is 5.75 Å². The Bertz CT molecular complexity index is 1730. The first-order valence-electron chi connectivity index (χ1n) is 13.6. The van der Waals surface area contributed by atoms with Crippen molar-refractivity contribution in [3.8, 4) is 5.75 Å². The van der Waals surface area contributed by atoms with Crippen LogP contribution in [0.4, 0.5) is 25.8 Å². The SMILES string of the molecule is COc1ccccc1NC(=O)c1ccc(N2CC3CC(C2)c2cccc(=O)n2C3)c(NC(=O)c2c(F)cccc2F)c1. The van der Waals surface area contributed by atoms with Gasteiger partial charge in [0.1, 0.15) is 22.9 Å². The first-order chi connectivity index (χ1) is 20.3. The Morgan fingerprint density at radius 2 is 1.57 bits per heavy atom. The molecule has 2 atom stereocenters. The van der Waals surface area contributed by atoms with Crippen molar-refractivity contribution in [3.63, 3.8) is 0 Å². The molecule has 8 nitrogen and oxygen atoms in total. The van der Waals surface area contributed by atoms with Gasteiger partial charge in [-0.05, 0) is 60.9 Å². The van der Waals surface area contributed by atoms with Crippen LogP contribution in [0, 0.1) is 17.6 Å². The first kappa shape index (κ1) is 27.2. The monoisotopic (exact) mass is 570 g/mol. The number of fused-ring (bicyclic) bond motifs is 4. The van der Waals surface area contributed by atoms with Crippen LogP contribution in [-0.2, 0) is 6.54 Å². The van der Waals surface area contributed by atoms with E-state index in [-0.39, 0.29) is 28.6 Å². The van der Waals surface area contributed by atoms with E-state index < -0.39 is 29.0 Å². The number of hydrogen-bond acceptors (Lipinski definition) is 5. The maximum Gasteiger partial charge on any atom is 0.261 e. The molecule has 2 N–H and O–H groups in total. The van der Waals surface area contributed by atoms with Gasteiger partial charge in [-0.15, -0.1) is 0 Å². The van der Waals surface area contributed by atoms with Gasteiger partial charge in [-0.1, -0.05) is 24.3 Å². The van der Waals surface area contributed by atoms with Crippen molar-refractivity contribution in [2.24, 2.45) is 5.92 Å². The summed E-state index contributed by atoms with van der Waals surface area (Å²) in [5.41, 5.74) is 1.75. The molecule has 3 aromatic carbocycles. The number of ether oxygens (including phenoxy) is 1. The highest BCUT2D eigenvalue weighted by Crippen LogP contribution is 2.39. The van der Waals surface area contributed by atoms with Gasteiger partial charge in [-0.25, -0.2) is 8.78 Å². The van der Waals surface area contributed by atoms with Gasteiger partial charge in [0, 0.05) is 42.9 Å². The third-order valence-electron chi connectivity index (χ3n) is 7.87. The average Bonchev–Trinajstić information content (AvgIpc) is 2.98. The summed E-state index contributed by atoms with van der Waals surface area (Å²) >= 11 is 0. The second kappa shape index (κ2) is 11.1. The van der Waals surface area contributed by atoms with E-state index in [9.17, 15) is 23.2 Å². The number of aromatic nitrogens is 1. The molecule has 3 heterocycles. The highest BCUT2D eigenvalue weighted by atomic mass is 19.1. The summed E-state index contributed by atoms with van der Waals surface area (Å²) < 4.78 is 36.1. The van der Waals surface area contributed by atoms with Crippen LogP contribution in [0.25, 0.3) is 0 Å². The maximum atomic E-state index is 14.5. The lowest BCUT2D eigenvalue weighted by Gasteiger charge is -2.44. The lowest BCUT2D eigenvalue weighted by molar-refractivity contribution is 0.101. The summed E-state index contributed by atoms with van der Waals surface area (Å²) in [5.74, 6) is -2.68. The third-order valence-corrected chi connectivity index (χ3v) is 7.87. The second-order valence-corrected chi connectivity index (χ2v) is 10.5. The van der Waals surface area contributed by atoms with Gasteiger partial charge in [0.15, 0.2) is 0 Å². The minimum Gasteiger partial charge on any atom is -0.495 e. The number of hydrogen-bond donors (Lipinski definition) is 2. The van der Waals surface area contributed by atoms with Gasteiger partial charge >= 0.3 is 0 Å². The Balaban J connectivity index is 1.36. The van der Waals surface area contributed by atoms with E-state index >= 15 is 0 Å². The smallest absolute Gasteiger partial charge is 0.261 e. The first-order valence-corrected chi connectivity index (χ1v) is 13.6. The number of piperidine rings is 1. The summed E-state index contributed by atoms with van der Waals surface area (Å²) in [5, 5.41) is 5.47. The summed E-state index contributed by atoms with van der Waals surface area (Å²) in [6.07, 6.45) is 0.918. The molecule has 1 saturated heterocycles. The zero-order valence-corrected chi connectivity index (χ0v) is 22.8. The van der Waals surface area contributed by atoms with Crippen molar-refractivity contribution in [2.45, 2.75) is 18.9 Å². The normalized spacial score (nSPS) is 17.3. The predicted molar refractivity (Wildman–Crippen MR) is 155 cm³/mol. The predicted octanol–water partition coefficient (Wildman–Crippen LogP) is 5.26. The molecular formula is C32H28F2N4O4. The molecule has 0 aliphatic carbocycles. The van der Waals surface area contributed by atoms with Gasteiger partial charge in [0.2, 0.25) is 0 Å². The van der Waals surface area contributed by atoms with E-state index in [1.165, 1.54) is 19.2 Å². The second-order valence-electron chi connectivity index (χ2n) is 10.5. The number of benzene rings is 3. The van der Waals surface area contributed by atoms with Crippen molar-refractivity contribution < 1.29 is 23.1 Å². The Labute approximate surface area is 240 Å². The van der Waals surface area contributed by atoms with Crippen molar-refractivity contribution in [1.29, 1.82) is 0 Å². The Morgan fingerprint density at radius 1 is 0.833 bits per heavy atom. The van der Waals surface area contributed by atoms with Crippen LogP contribution in [-0.4, -0.2) is 36.6 Å². The number of carbonyl (C=O) groups is 2. The molecule has 2 amide bonds. The molecule has 0 radical (unpaired) electrons. The minimum absolute atomic E-state index is 0.0269. The molecule has 2 bridgehead atoms. The fraction of sp³-hybridized carbons (Fsp3) is 0.219. The van der Waals surface area contributed by atoms with Gasteiger partial charge < -0.3 is 24.8 Å². The largest absolute Gasteiger partial charge is 0.495 e. The minimum atomic E-state index is -0.992. The molecular weight excluding hydrogens is 542 g/mol. The summed E-state index contributed by atoms with van der Waals surface area (Å²) in [7, 11) is 1.50. The van der Waals surface area contributed by atoms with Crippen molar-refractivity contribution in [3.05, 3.63) is 118 Å². The number of halogens is 2. The molecule has 1 fully saturated rings. The number of anilines is 3. The van der Waals surface area contributed by atoms with Gasteiger partial charge in [0.25, 0.3) is 17.4 Å². The van der Waals surface area contributed by atoms with Gasteiger partial charge in [-0.2, -0.15) is 0 Å². The number of rotatable bonds is 6. The molecule has 42 heavy (non-hydrogen) atoms. The van der Waals surface area contributed by atoms with Crippen molar-refractivity contribution in [2.75, 3.05) is 35.7 Å². The number of carbonyl (C=O) groups excluding carboxylic acids is 2. The fourth-order valence-corrected chi connectivity index (χ4v) is 5.99. The molecule has 214 valence electrons. The van der Waals surface area contributed by atoms with Crippen LogP contribution in [0.1, 0.15) is 38.7 Å². The molecule has 2 aliphatic rings. The lowest BCUT2D eigenvalue weighted by atomic mass is 9.83. The quantitative estimate of drug-likeness (QED) is 0.330. The molecule has 2 unspecified atom stereocenters. The van der Waals surface area contributed by atoms with Crippen LogP contribution < -0.4 is 25.8 Å². The maximum absolute atomic E-state index is 14.5. The number of methoxy groups -OCH3 is 1. The van der Waals surface area contributed by atoms with Crippen LogP contribution in [0.2, 0.25) is 0 Å². The highest BCUT2D eigenvalue weighted by molar-refractivity contribution is 6.09. The van der Waals surface area contributed by atoms with E-state index in [1.807, 2.05) is 10.6 Å². The van der Waals surface area contributed by atoms with E-state index in [2.05, 4.69) is 15.5 Å². The molecule has 10 heteroatoms. The number of nitrogens with one attached hydrogen (secondary N) is 2. The molecule has 0 spiro atoms. The Morgan fingerprint density at radius 3 is 2.36 bits per heavy atom. The zero-order valence-electron chi connectivity index (χ0n) is 22.8. The molecule has 4 aromatic rings. The Kier molecular flexibility index (Phi) is 7.20. The third kappa shape index (κ3) is 5.11. The van der Waals surface area contributed by atoms with Crippen LogP contribution >= 0.6 is 0 Å². The average molecular weight is 571 g/mol. The molecule has 1 aromatic heterocycles. The highest BCUT2D eigenvalue weighted by Gasteiger charge is 2.35. The van der Waals surface area contributed by atoms with Crippen molar-refractivity contribution in [1.82, 2.24) is 4.57 Å². The topological polar surface area (TPSA) is 92.7 Å². The Hall–Kier alpha value is -4.99. The summed E-state index contributed by atoms with van der Waals surface area (Å²) in [6, 6.07) is 20.3. The van der Waals surface area contributed by atoms with E-state index in [1.54, 1.807) is 48.5 Å².